The molecule has 0 spiro atoms. The number of rotatable bonds is 1. The van der Waals surface area contributed by atoms with Gasteiger partial charge in [-0.05, 0) is 24.8 Å². The fourth-order valence-corrected chi connectivity index (χ4v) is 1.77. The molecule has 1 saturated carbocycles. The minimum atomic E-state index is -0.102. The van der Waals surface area contributed by atoms with Gasteiger partial charge in [0.2, 0.25) is 0 Å². The Morgan fingerprint density at radius 2 is 2.00 bits per heavy atom. The van der Waals surface area contributed by atoms with Gasteiger partial charge in [-0.15, -0.1) is 0 Å². The number of aliphatic hydroxyl groups excluding tert-OH is 1. The van der Waals surface area contributed by atoms with Gasteiger partial charge in [-0.25, -0.2) is 0 Å². The van der Waals surface area contributed by atoms with Crippen molar-refractivity contribution in [1.29, 1.82) is 0 Å². The van der Waals surface area contributed by atoms with E-state index in [-0.39, 0.29) is 6.10 Å². The Hall–Kier alpha value is -1.08. The van der Waals surface area contributed by atoms with Crippen LogP contribution in [0.15, 0.2) is 35.9 Å². The van der Waals surface area contributed by atoms with E-state index in [0.717, 1.165) is 19.3 Å². The molecule has 0 heterocycles. The van der Waals surface area contributed by atoms with Gasteiger partial charge in [0.25, 0.3) is 0 Å². The first-order valence-electron chi connectivity index (χ1n) is 4.77. The van der Waals surface area contributed by atoms with Crippen LogP contribution in [0.2, 0.25) is 0 Å². The molecule has 0 radical (unpaired) electrons. The predicted molar refractivity (Wildman–Crippen MR) is 54.3 cm³/mol. The Balaban J connectivity index is 2.13. The lowest BCUT2D eigenvalue weighted by molar-refractivity contribution is 0.186. The first-order chi connectivity index (χ1) is 6.34. The van der Waals surface area contributed by atoms with Gasteiger partial charge in [0.15, 0.2) is 0 Å². The molecule has 0 saturated heterocycles. The summed E-state index contributed by atoms with van der Waals surface area (Å²) in [6.07, 6.45) is 4.93. The van der Waals surface area contributed by atoms with Crippen molar-refractivity contribution >= 4 is 6.08 Å². The van der Waals surface area contributed by atoms with Crippen molar-refractivity contribution in [1.82, 2.24) is 0 Å². The normalized spacial score (nSPS) is 25.3. The van der Waals surface area contributed by atoms with Gasteiger partial charge in [-0.3, -0.25) is 0 Å². The lowest BCUT2D eigenvalue weighted by Crippen LogP contribution is -1.95. The quantitative estimate of drug-likeness (QED) is 0.694. The Labute approximate surface area is 78.7 Å². The Kier molecular flexibility index (Phi) is 2.46. The summed E-state index contributed by atoms with van der Waals surface area (Å²) in [5.41, 5.74) is 2.62. The molecule has 68 valence electrons. The fraction of sp³-hybridized carbons (Fsp3) is 0.333. The standard InChI is InChI=1S/C12H14O/c13-12-7-6-11(9-12)8-10-4-2-1-3-5-10/h1-5,8,12-13H,6-7,9H2/b11-8-/t12-/m0/s1. The molecule has 1 nitrogen and oxygen atoms in total. The summed E-state index contributed by atoms with van der Waals surface area (Å²) in [6.45, 7) is 0. The van der Waals surface area contributed by atoms with Gasteiger partial charge in [0.1, 0.15) is 0 Å². The van der Waals surface area contributed by atoms with Crippen LogP contribution in [-0.4, -0.2) is 11.2 Å². The van der Waals surface area contributed by atoms with E-state index in [4.69, 9.17) is 0 Å². The van der Waals surface area contributed by atoms with Crippen LogP contribution in [0.5, 0.6) is 0 Å². The van der Waals surface area contributed by atoms with Crippen molar-refractivity contribution in [3.05, 3.63) is 41.5 Å². The molecule has 0 aromatic heterocycles. The lowest BCUT2D eigenvalue weighted by Gasteiger charge is -1.97. The smallest absolute Gasteiger partial charge is 0.0580 e. The first kappa shape index (κ1) is 8.52. The maximum atomic E-state index is 9.34. The summed E-state index contributed by atoms with van der Waals surface area (Å²) in [5.74, 6) is 0. The Bertz CT molecular complexity index is 300. The van der Waals surface area contributed by atoms with Crippen molar-refractivity contribution in [3.8, 4) is 0 Å². The monoisotopic (exact) mass is 174 g/mol. The SMILES string of the molecule is O[C@H]1CC/C(=C/c2ccccc2)C1. The van der Waals surface area contributed by atoms with Crippen LogP contribution in [0.4, 0.5) is 0 Å². The average Bonchev–Trinajstić information content (AvgIpc) is 2.53. The zero-order valence-corrected chi connectivity index (χ0v) is 7.61. The van der Waals surface area contributed by atoms with Crippen LogP contribution >= 0.6 is 0 Å². The van der Waals surface area contributed by atoms with E-state index < -0.39 is 0 Å². The predicted octanol–water partition coefficient (Wildman–Crippen LogP) is 2.61. The van der Waals surface area contributed by atoms with E-state index in [2.05, 4.69) is 18.2 Å². The van der Waals surface area contributed by atoms with Crippen molar-refractivity contribution in [2.75, 3.05) is 0 Å². The molecule has 1 heteroatoms. The summed E-state index contributed by atoms with van der Waals surface area (Å²) < 4.78 is 0. The second-order valence-electron chi connectivity index (χ2n) is 3.61. The minimum absolute atomic E-state index is 0.102. The van der Waals surface area contributed by atoms with Crippen LogP contribution in [0.3, 0.4) is 0 Å². The van der Waals surface area contributed by atoms with Crippen molar-refractivity contribution in [2.45, 2.75) is 25.4 Å². The van der Waals surface area contributed by atoms with Crippen LogP contribution in [-0.2, 0) is 0 Å². The highest BCUT2D eigenvalue weighted by atomic mass is 16.3. The number of hydrogen-bond donors (Lipinski definition) is 1. The summed E-state index contributed by atoms with van der Waals surface area (Å²) in [6, 6.07) is 10.3. The second-order valence-corrected chi connectivity index (χ2v) is 3.61. The Morgan fingerprint density at radius 3 is 2.62 bits per heavy atom. The van der Waals surface area contributed by atoms with Crippen molar-refractivity contribution in [2.24, 2.45) is 0 Å². The number of aliphatic hydroxyl groups is 1. The molecule has 0 amide bonds. The van der Waals surface area contributed by atoms with E-state index in [1.54, 1.807) is 0 Å². The van der Waals surface area contributed by atoms with Crippen molar-refractivity contribution in [3.63, 3.8) is 0 Å². The molecule has 0 aliphatic heterocycles. The Morgan fingerprint density at radius 1 is 1.23 bits per heavy atom. The van der Waals surface area contributed by atoms with E-state index in [1.807, 2.05) is 18.2 Å². The molecule has 1 aromatic rings. The third kappa shape index (κ3) is 2.19. The lowest BCUT2D eigenvalue weighted by atomic mass is 10.1. The van der Waals surface area contributed by atoms with Gasteiger partial charge < -0.3 is 5.11 Å². The van der Waals surface area contributed by atoms with Gasteiger partial charge in [-0.1, -0.05) is 42.0 Å². The van der Waals surface area contributed by atoms with Crippen molar-refractivity contribution < 1.29 is 5.11 Å². The highest BCUT2D eigenvalue weighted by Gasteiger charge is 2.15. The molecular weight excluding hydrogens is 160 g/mol. The largest absolute Gasteiger partial charge is 0.393 e. The van der Waals surface area contributed by atoms with Gasteiger partial charge >= 0.3 is 0 Å². The first-order valence-corrected chi connectivity index (χ1v) is 4.77. The molecule has 0 unspecified atom stereocenters. The number of benzene rings is 1. The molecule has 1 aromatic carbocycles. The summed E-state index contributed by atoms with van der Waals surface area (Å²) in [5, 5.41) is 9.34. The van der Waals surface area contributed by atoms with Crippen LogP contribution < -0.4 is 0 Å². The molecule has 1 atom stereocenters. The molecule has 0 bridgehead atoms. The third-order valence-electron chi connectivity index (χ3n) is 2.47. The third-order valence-corrected chi connectivity index (χ3v) is 2.47. The average molecular weight is 174 g/mol. The maximum absolute atomic E-state index is 9.34. The van der Waals surface area contributed by atoms with Gasteiger partial charge in [0.05, 0.1) is 6.10 Å². The molecule has 2 rings (SSSR count). The van der Waals surface area contributed by atoms with E-state index in [1.165, 1.54) is 11.1 Å². The maximum Gasteiger partial charge on any atom is 0.0580 e. The van der Waals surface area contributed by atoms with E-state index in [0.29, 0.717) is 0 Å². The minimum Gasteiger partial charge on any atom is -0.393 e. The number of hydrogen-bond acceptors (Lipinski definition) is 1. The van der Waals surface area contributed by atoms with E-state index in [9.17, 15) is 5.11 Å². The highest BCUT2D eigenvalue weighted by molar-refractivity contribution is 5.53. The molecule has 13 heavy (non-hydrogen) atoms. The summed E-state index contributed by atoms with van der Waals surface area (Å²) in [7, 11) is 0. The second kappa shape index (κ2) is 3.75. The molecular formula is C12H14O. The molecule has 1 N–H and O–H groups in total. The molecule has 1 aliphatic rings. The van der Waals surface area contributed by atoms with Crippen LogP contribution in [0.1, 0.15) is 24.8 Å². The van der Waals surface area contributed by atoms with Crippen LogP contribution in [0.25, 0.3) is 6.08 Å². The zero-order chi connectivity index (χ0) is 9.10. The zero-order valence-electron chi connectivity index (χ0n) is 7.61. The van der Waals surface area contributed by atoms with Gasteiger partial charge in [-0.2, -0.15) is 0 Å². The summed E-state index contributed by atoms with van der Waals surface area (Å²) >= 11 is 0. The fourth-order valence-electron chi connectivity index (χ4n) is 1.77. The van der Waals surface area contributed by atoms with E-state index >= 15 is 0 Å². The topological polar surface area (TPSA) is 20.2 Å². The molecule has 1 fully saturated rings. The highest BCUT2D eigenvalue weighted by Crippen LogP contribution is 2.26. The van der Waals surface area contributed by atoms with Gasteiger partial charge in [0, 0.05) is 0 Å². The van der Waals surface area contributed by atoms with Crippen LogP contribution in [0, 0.1) is 0 Å². The molecule has 1 aliphatic carbocycles. The summed E-state index contributed by atoms with van der Waals surface area (Å²) in [4.78, 5) is 0.